The van der Waals surface area contributed by atoms with E-state index < -0.39 is 4.92 Å². The van der Waals surface area contributed by atoms with Crippen molar-refractivity contribution in [1.29, 1.82) is 0 Å². The Bertz CT molecular complexity index is 545. The molecular weight excluding hydrogens is 303 g/mol. The van der Waals surface area contributed by atoms with Gasteiger partial charge in [-0.2, -0.15) is 0 Å². The van der Waals surface area contributed by atoms with Crippen LogP contribution in [0.15, 0.2) is 24.3 Å². The van der Waals surface area contributed by atoms with E-state index in [-0.39, 0.29) is 28.1 Å². The molecule has 7 heteroatoms. The van der Waals surface area contributed by atoms with E-state index in [1.54, 1.807) is 0 Å². The van der Waals surface area contributed by atoms with Crippen molar-refractivity contribution in [1.82, 2.24) is 5.32 Å². The van der Waals surface area contributed by atoms with Gasteiger partial charge in [0.25, 0.3) is 0 Å². The summed E-state index contributed by atoms with van der Waals surface area (Å²) in [5, 5.41) is 14.6. The molecule has 108 valence electrons. The fourth-order valence-corrected chi connectivity index (χ4v) is 1.89. The summed E-state index contributed by atoms with van der Waals surface area (Å²) in [7, 11) is 0. The number of nitro benzene ring substituents is 1. The zero-order valence-corrected chi connectivity index (χ0v) is 12.2. The molecule has 0 atom stereocenters. The summed E-state index contributed by atoms with van der Waals surface area (Å²) in [5.74, 6) is 0.0944. The standard InChI is InChI=1S/C13H14Cl2N2O3/c1-8(6-16-9-2-3-9)7-20-13-5-11(15)10(14)4-12(13)17(18)19/h4-5,9,16H,1-3,6-7H2. The van der Waals surface area contributed by atoms with Crippen molar-refractivity contribution in [3.8, 4) is 5.75 Å². The van der Waals surface area contributed by atoms with Gasteiger partial charge in [-0.05, 0) is 18.4 Å². The van der Waals surface area contributed by atoms with Crippen molar-refractivity contribution in [3.05, 3.63) is 44.4 Å². The van der Waals surface area contributed by atoms with Crippen LogP contribution in [0.4, 0.5) is 5.69 Å². The number of nitro groups is 1. The molecule has 1 aliphatic carbocycles. The number of hydrogen-bond donors (Lipinski definition) is 1. The second-order valence-corrected chi connectivity index (χ2v) is 5.50. The van der Waals surface area contributed by atoms with Crippen molar-refractivity contribution >= 4 is 28.9 Å². The van der Waals surface area contributed by atoms with E-state index in [9.17, 15) is 10.1 Å². The Balaban J connectivity index is 1.98. The highest BCUT2D eigenvalue weighted by Gasteiger charge is 2.21. The van der Waals surface area contributed by atoms with E-state index >= 15 is 0 Å². The largest absolute Gasteiger partial charge is 0.482 e. The highest BCUT2D eigenvalue weighted by Crippen LogP contribution is 2.35. The Labute approximate surface area is 126 Å². The number of ether oxygens (including phenoxy) is 1. The monoisotopic (exact) mass is 316 g/mol. The third kappa shape index (κ3) is 4.10. The van der Waals surface area contributed by atoms with Gasteiger partial charge in [0, 0.05) is 24.7 Å². The molecule has 0 aromatic heterocycles. The molecule has 0 bridgehead atoms. The first-order chi connectivity index (χ1) is 9.47. The number of nitrogens with zero attached hydrogens (tertiary/aromatic N) is 1. The molecule has 0 saturated heterocycles. The summed E-state index contributed by atoms with van der Waals surface area (Å²) < 4.78 is 5.42. The van der Waals surface area contributed by atoms with Gasteiger partial charge in [0.15, 0.2) is 5.75 Å². The maximum Gasteiger partial charge on any atom is 0.312 e. The summed E-state index contributed by atoms with van der Waals surface area (Å²) in [4.78, 5) is 10.4. The van der Waals surface area contributed by atoms with E-state index in [1.165, 1.54) is 25.0 Å². The number of halogens is 2. The van der Waals surface area contributed by atoms with Gasteiger partial charge in [-0.3, -0.25) is 10.1 Å². The molecule has 0 spiro atoms. The zero-order chi connectivity index (χ0) is 14.7. The maximum atomic E-state index is 10.9. The summed E-state index contributed by atoms with van der Waals surface area (Å²) in [6.07, 6.45) is 2.37. The highest BCUT2D eigenvalue weighted by atomic mass is 35.5. The number of hydrogen-bond acceptors (Lipinski definition) is 4. The molecule has 20 heavy (non-hydrogen) atoms. The minimum atomic E-state index is -0.553. The number of benzene rings is 1. The molecule has 0 heterocycles. The fourth-order valence-electron chi connectivity index (χ4n) is 1.58. The lowest BCUT2D eigenvalue weighted by Crippen LogP contribution is -2.21. The zero-order valence-electron chi connectivity index (χ0n) is 10.7. The molecule has 2 rings (SSSR count). The first kappa shape index (κ1) is 15.1. The van der Waals surface area contributed by atoms with Crippen LogP contribution in [0, 0.1) is 10.1 Å². The van der Waals surface area contributed by atoms with Crippen LogP contribution in [-0.2, 0) is 0 Å². The Kier molecular flexibility index (Phi) is 4.86. The van der Waals surface area contributed by atoms with Gasteiger partial charge in [0.1, 0.15) is 6.61 Å². The van der Waals surface area contributed by atoms with Crippen LogP contribution in [0.5, 0.6) is 5.75 Å². The average molecular weight is 317 g/mol. The predicted octanol–water partition coefficient (Wildman–Crippen LogP) is 3.59. The SMILES string of the molecule is C=C(CNC1CC1)COc1cc(Cl)c(Cl)cc1[N+](=O)[O-]. The van der Waals surface area contributed by atoms with Gasteiger partial charge >= 0.3 is 5.69 Å². The Morgan fingerprint density at radius 3 is 2.70 bits per heavy atom. The summed E-state index contributed by atoms with van der Waals surface area (Å²) in [6, 6.07) is 3.11. The molecule has 1 N–H and O–H groups in total. The van der Waals surface area contributed by atoms with Crippen LogP contribution >= 0.6 is 23.2 Å². The van der Waals surface area contributed by atoms with Crippen LogP contribution in [-0.4, -0.2) is 24.1 Å². The molecule has 1 fully saturated rings. The van der Waals surface area contributed by atoms with Gasteiger partial charge in [0.2, 0.25) is 0 Å². The predicted molar refractivity (Wildman–Crippen MR) is 78.8 cm³/mol. The van der Waals surface area contributed by atoms with E-state index in [1.807, 2.05) is 0 Å². The Morgan fingerprint density at radius 1 is 1.45 bits per heavy atom. The van der Waals surface area contributed by atoms with Gasteiger partial charge in [-0.1, -0.05) is 29.8 Å². The van der Waals surface area contributed by atoms with Crippen LogP contribution in [0.2, 0.25) is 10.0 Å². The third-order valence-corrected chi connectivity index (χ3v) is 3.57. The van der Waals surface area contributed by atoms with E-state index in [0.717, 1.165) is 5.57 Å². The van der Waals surface area contributed by atoms with Gasteiger partial charge in [-0.15, -0.1) is 0 Å². The summed E-state index contributed by atoms with van der Waals surface area (Å²) in [5.41, 5.74) is 0.611. The number of nitrogens with one attached hydrogen (secondary N) is 1. The lowest BCUT2D eigenvalue weighted by Gasteiger charge is -2.10. The third-order valence-electron chi connectivity index (χ3n) is 2.85. The van der Waals surface area contributed by atoms with Crippen molar-refractivity contribution in [2.75, 3.05) is 13.2 Å². The quantitative estimate of drug-likeness (QED) is 0.474. The Morgan fingerprint density at radius 2 is 2.10 bits per heavy atom. The maximum absolute atomic E-state index is 10.9. The smallest absolute Gasteiger partial charge is 0.312 e. The van der Waals surface area contributed by atoms with E-state index in [4.69, 9.17) is 27.9 Å². The first-order valence-corrected chi connectivity index (χ1v) is 6.89. The summed E-state index contributed by atoms with van der Waals surface area (Å²) in [6.45, 7) is 4.70. The van der Waals surface area contributed by atoms with Crippen molar-refractivity contribution in [3.63, 3.8) is 0 Å². The topological polar surface area (TPSA) is 64.4 Å². The lowest BCUT2D eigenvalue weighted by atomic mass is 10.3. The van der Waals surface area contributed by atoms with Crippen LogP contribution in [0.1, 0.15) is 12.8 Å². The minimum absolute atomic E-state index is 0.0944. The summed E-state index contributed by atoms with van der Waals surface area (Å²) >= 11 is 11.6. The van der Waals surface area contributed by atoms with Crippen molar-refractivity contribution < 1.29 is 9.66 Å². The molecule has 0 radical (unpaired) electrons. The molecule has 1 aromatic carbocycles. The molecule has 1 aliphatic rings. The van der Waals surface area contributed by atoms with E-state index in [2.05, 4.69) is 11.9 Å². The average Bonchev–Trinajstić information content (AvgIpc) is 3.21. The molecular formula is C13H14Cl2N2O3. The van der Waals surface area contributed by atoms with Crippen molar-refractivity contribution in [2.45, 2.75) is 18.9 Å². The first-order valence-electron chi connectivity index (χ1n) is 6.13. The minimum Gasteiger partial charge on any atom is -0.482 e. The second-order valence-electron chi connectivity index (χ2n) is 4.69. The normalized spacial score (nSPS) is 14.1. The number of rotatable bonds is 7. The van der Waals surface area contributed by atoms with E-state index in [0.29, 0.717) is 12.6 Å². The molecule has 0 amide bonds. The van der Waals surface area contributed by atoms with Gasteiger partial charge in [-0.25, -0.2) is 0 Å². The molecule has 0 aliphatic heterocycles. The lowest BCUT2D eigenvalue weighted by molar-refractivity contribution is -0.385. The second kappa shape index (κ2) is 6.43. The van der Waals surface area contributed by atoms with Crippen LogP contribution in [0.3, 0.4) is 0 Å². The Hall–Kier alpha value is -1.30. The molecule has 1 aromatic rings. The van der Waals surface area contributed by atoms with Crippen LogP contribution in [0.25, 0.3) is 0 Å². The van der Waals surface area contributed by atoms with Crippen LogP contribution < -0.4 is 10.1 Å². The fraction of sp³-hybridized carbons (Fsp3) is 0.385. The molecule has 0 unspecified atom stereocenters. The molecule has 1 saturated carbocycles. The van der Waals surface area contributed by atoms with Crippen molar-refractivity contribution in [2.24, 2.45) is 0 Å². The highest BCUT2D eigenvalue weighted by molar-refractivity contribution is 6.42. The molecule has 5 nitrogen and oxygen atoms in total. The van der Waals surface area contributed by atoms with Gasteiger partial charge in [0.05, 0.1) is 15.0 Å². The van der Waals surface area contributed by atoms with Gasteiger partial charge < -0.3 is 10.1 Å².